The second kappa shape index (κ2) is 5.75. The number of H-pyrrole nitrogens is 1. The summed E-state index contributed by atoms with van der Waals surface area (Å²) in [6, 6.07) is 5.45. The van der Waals surface area contributed by atoms with Gasteiger partial charge in [-0.25, -0.2) is 0 Å². The number of nitrogens with one attached hydrogen (secondary N) is 1. The first-order valence-corrected chi connectivity index (χ1v) is 6.80. The third kappa shape index (κ3) is 2.98. The van der Waals surface area contributed by atoms with Crippen molar-refractivity contribution in [1.82, 2.24) is 14.8 Å². The van der Waals surface area contributed by atoms with Gasteiger partial charge in [0.2, 0.25) is 0 Å². The van der Waals surface area contributed by atoms with Crippen molar-refractivity contribution in [1.29, 1.82) is 0 Å². The van der Waals surface area contributed by atoms with Gasteiger partial charge in [-0.3, -0.25) is 9.67 Å². The van der Waals surface area contributed by atoms with Gasteiger partial charge in [-0.15, -0.1) is 0 Å². The summed E-state index contributed by atoms with van der Waals surface area (Å²) in [6.07, 6.45) is 0. The van der Waals surface area contributed by atoms with Crippen LogP contribution in [0.25, 0.3) is 11.4 Å². The molecule has 1 aromatic carbocycles. The van der Waals surface area contributed by atoms with Gasteiger partial charge in [0.05, 0.1) is 12.7 Å². The Bertz CT molecular complexity index is 633. The molecule has 4 nitrogen and oxygen atoms in total. The third-order valence-electron chi connectivity index (χ3n) is 2.71. The predicted molar refractivity (Wildman–Crippen MR) is 79.2 cm³/mol. The van der Waals surface area contributed by atoms with Crippen molar-refractivity contribution >= 4 is 23.8 Å². The van der Waals surface area contributed by atoms with E-state index in [1.807, 2.05) is 16.7 Å². The van der Waals surface area contributed by atoms with Crippen molar-refractivity contribution in [2.24, 2.45) is 5.92 Å². The fourth-order valence-electron chi connectivity index (χ4n) is 1.91. The summed E-state index contributed by atoms with van der Waals surface area (Å²) >= 11 is 11.3. The number of aromatic amines is 1. The van der Waals surface area contributed by atoms with E-state index in [1.165, 1.54) is 0 Å². The van der Waals surface area contributed by atoms with Crippen molar-refractivity contribution < 1.29 is 4.74 Å². The molecule has 0 unspecified atom stereocenters. The van der Waals surface area contributed by atoms with Gasteiger partial charge in [-0.2, -0.15) is 5.10 Å². The fraction of sp³-hybridized carbons (Fsp3) is 0.385. The number of halogens is 1. The lowest BCUT2D eigenvalue weighted by molar-refractivity contribution is 0.415. The minimum absolute atomic E-state index is 0.466. The first-order chi connectivity index (χ1) is 9.02. The summed E-state index contributed by atoms with van der Waals surface area (Å²) in [5.41, 5.74) is 0.836. The fourth-order valence-corrected chi connectivity index (χ4v) is 2.29. The molecule has 1 aromatic heterocycles. The molecule has 0 spiro atoms. The molecule has 2 rings (SSSR count). The number of hydrogen-bond donors (Lipinski definition) is 1. The zero-order chi connectivity index (χ0) is 14.0. The molecule has 0 saturated carbocycles. The van der Waals surface area contributed by atoms with E-state index in [0.29, 0.717) is 15.7 Å². The molecule has 1 heterocycles. The number of methoxy groups -OCH3 is 1. The second-order valence-electron chi connectivity index (χ2n) is 4.70. The van der Waals surface area contributed by atoms with Gasteiger partial charge in [0.25, 0.3) is 0 Å². The van der Waals surface area contributed by atoms with E-state index in [4.69, 9.17) is 28.6 Å². The summed E-state index contributed by atoms with van der Waals surface area (Å²) in [5, 5.41) is 7.76. The van der Waals surface area contributed by atoms with Gasteiger partial charge in [0, 0.05) is 11.6 Å². The zero-order valence-electron chi connectivity index (χ0n) is 11.1. The number of rotatable bonds is 4. The van der Waals surface area contributed by atoms with Crippen LogP contribution in [-0.4, -0.2) is 21.9 Å². The van der Waals surface area contributed by atoms with Gasteiger partial charge in [0.1, 0.15) is 5.75 Å². The van der Waals surface area contributed by atoms with Crippen LogP contribution < -0.4 is 4.74 Å². The van der Waals surface area contributed by atoms with Crippen LogP contribution in [0.15, 0.2) is 18.2 Å². The summed E-state index contributed by atoms with van der Waals surface area (Å²) in [6.45, 7) is 5.06. The quantitative estimate of drug-likeness (QED) is 0.870. The lowest BCUT2D eigenvalue weighted by atomic mass is 10.1. The van der Waals surface area contributed by atoms with Crippen LogP contribution in [0.1, 0.15) is 13.8 Å². The second-order valence-corrected chi connectivity index (χ2v) is 5.52. The van der Waals surface area contributed by atoms with Crippen molar-refractivity contribution in [2.75, 3.05) is 7.11 Å². The number of benzene rings is 1. The van der Waals surface area contributed by atoms with Crippen molar-refractivity contribution in [3.63, 3.8) is 0 Å². The maximum Gasteiger partial charge on any atom is 0.195 e. The predicted octanol–water partition coefficient (Wildman–Crippen LogP) is 3.93. The normalized spacial score (nSPS) is 11.0. The van der Waals surface area contributed by atoms with Gasteiger partial charge in [-0.05, 0) is 36.3 Å². The van der Waals surface area contributed by atoms with E-state index < -0.39 is 0 Å². The molecule has 0 aliphatic rings. The van der Waals surface area contributed by atoms with E-state index >= 15 is 0 Å². The van der Waals surface area contributed by atoms with Crippen LogP contribution in [-0.2, 0) is 6.54 Å². The molecule has 0 amide bonds. The van der Waals surface area contributed by atoms with Gasteiger partial charge in [0.15, 0.2) is 10.6 Å². The third-order valence-corrected chi connectivity index (χ3v) is 3.26. The Labute approximate surface area is 122 Å². The van der Waals surface area contributed by atoms with Gasteiger partial charge >= 0.3 is 0 Å². The van der Waals surface area contributed by atoms with E-state index in [0.717, 1.165) is 23.7 Å². The van der Waals surface area contributed by atoms with Crippen LogP contribution in [0.2, 0.25) is 5.02 Å². The SMILES string of the molecule is COc1ccc(Cl)cc1-c1n[nH]c(=S)n1CC(C)C. The lowest BCUT2D eigenvalue weighted by Gasteiger charge is -2.12. The molecule has 0 fully saturated rings. The van der Waals surface area contributed by atoms with Crippen LogP contribution in [0.4, 0.5) is 0 Å². The molecule has 19 heavy (non-hydrogen) atoms. The average molecular weight is 298 g/mol. The Kier molecular flexibility index (Phi) is 4.27. The maximum atomic E-state index is 6.06. The Balaban J connectivity index is 2.59. The van der Waals surface area contributed by atoms with Crippen LogP contribution >= 0.6 is 23.8 Å². The smallest absolute Gasteiger partial charge is 0.195 e. The van der Waals surface area contributed by atoms with Crippen LogP contribution in [0, 0.1) is 10.7 Å². The Morgan fingerprint density at radius 3 is 2.84 bits per heavy atom. The summed E-state index contributed by atoms with van der Waals surface area (Å²) in [5.74, 6) is 1.94. The van der Waals surface area contributed by atoms with Crippen molar-refractivity contribution in [3.05, 3.63) is 28.0 Å². The standard InChI is InChI=1S/C13H16ClN3OS/c1-8(2)7-17-12(15-16-13(17)19)10-6-9(14)4-5-11(10)18-3/h4-6,8H,7H2,1-3H3,(H,16,19). The molecule has 0 saturated heterocycles. The Morgan fingerprint density at radius 1 is 1.47 bits per heavy atom. The van der Waals surface area contributed by atoms with E-state index in [1.54, 1.807) is 13.2 Å². The van der Waals surface area contributed by atoms with Crippen molar-refractivity contribution in [2.45, 2.75) is 20.4 Å². The molecule has 6 heteroatoms. The molecule has 0 bridgehead atoms. The maximum absolute atomic E-state index is 6.06. The largest absolute Gasteiger partial charge is 0.496 e. The minimum atomic E-state index is 0.466. The molecule has 2 aromatic rings. The summed E-state index contributed by atoms with van der Waals surface area (Å²) in [7, 11) is 1.63. The summed E-state index contributed by atoms with van der Waals surface area (Å²) < 4.78 is 7.93. The highest BCUT2D eigenvalue weighted by molar-refractivity contribution is 7.71. The van der Waals surface area contributed by atoms with Crippen LogP contribution in [0.5, 0.6) is 5.75 Å². The molecule has 0 aliphatic carbocycles. The first kappa shape index (κ1) is 14.1. The minimum Gasteiger partial charge on any atom is -0.496 e. The lowest BCUT2D eigenvalue weighted by Crippen LogP contribution is -2.07. The van der Waals surface area contributed by atoms with E-state index in [2.05, 4.69) is 24.0 Å². The molecular weight excluding hydrogens is 282 g/mol. The zero-order valence-corrected chi connectivity index (χ0v) is 12.7. The molecule has 1 N–H and O–H groups in total. The van der Waals surface area contributed by atoms with Gasteiger partial charge in [-0.1, -0.05) is 25.4 Å². The highest BCUT2D eigenvalue weighted by Gasteiger charge is 2.15. The van der Waals surface area contributed by atoms with Crippen molar-refractivity contribution in [3.8, 4) is 17.1 Å². The highest BCUT2D eigenvalue weighted by atomic mass is 35.5. The van der Waals surface area contributed by atoms with Crippen LogP contribution in [0.3, 0.4) is 0 Å². The van der Waals surface area contributed by atoms with Gasteiger partial charge < -0.3 is 4.74 Å². The number of aromatic nitrogens is 3. The molecule has 0 aliphatic heterocycles. The number of nitrogens with zero attached hydrogens (tertiary/aromatic N) is 2. The Morgan fingerprint density at radius 2 is 2.21 bits per heavy atom. The average Bonchev–Trinajstić information content (AvgIpc) is 2.70. The monoisotopic (exact) mass is 297 g/mol. The Hall–Kier alpha value is -1.33. The molecular formula is C13H16ClN3OS. The number of hydrogen-bond acceptors (Lipinski definition) is 3. The topological polar surface area (TPSA) is 42.8 Å². The highest BCUT2D eigenvalue weighted by Crippen LogP contribution is 2.31. The van der Waals surface area contributed by atoms with E-state index in [-0.39, 0.29) is 0 Å². The molecule has 102 valence electrons. The number of ether oxygens (including phenoxy) is 1. The summed E-state index contributed by atoms with van der Waals surface area (Å²) in [4.78, 5) is 0. The van der Waals surface area contributed by atoms with E-state index in [9.17, 15) is 0 Å². The first-order valence-electron chi connectivity index (χ1n) is 6.02. The molecule has 0 atom stereocenters. The molecule has 0 radical (unpaired) electrons.